The molecular weight excluding hydrogens is 248 g/mol. The summed E-state index contributed by atoms with van der Waals surface area (Å²) >= 11 is 0. The van der Waals surface area contributed by atoms with E-state index in [2.05, 4.69) is 64.0 Å². The van der Waals surface area contributed by atoms with Crippen LogP contribution in [0.1, 0.15) is 51.7 Å². The molecule has 0 aliphatic carbocycles. The van der Waals surface area contributed by atoms with Gasteiger partial charge >= 0.3 is 0 Å². The third-order valence-electron chi connectivity index (χ3n) is 3.50. The summed E-state index contributed by atoms with van der Waals surface area (Å²) in [7, 11) is 0. The van der Waals surface area contributed by atoms with Crippen LogP contribution in [0.25, 0.3) is 11.3 Å². The summed E-state index contributed by atoms with van der Waals surface area (Å²) in [6.45, 7) is 10.7. The van der Waals surface area contributed by atoms with Crippen molar-refractivity contribution in [3.8, 4) is 11.3 Å². The highest BCUT2D eigenvalue weighted by molar-refractivity contribution is 5.63. The standard InChI is InChI=1S/C17H24N2O/c1-12(2)13-6-8-14(9-7-13)16-15(11-20)10-19(18-16)17(3,4)5/h6-10,12,20H,11H2,1-5H3. The first-order chi connectivity index (χ1) is 9.32. The maximum absolute atomic E-state index is 9.55. The van der Waals surface area contributed by atoms with E-state index < -0.39 is 0 Å². The lowest BCUT2D eigenvalue weighted by Gasteiger charge is -2.18. The molecule has 0 amide bonds. The molecule has 3 nitrogen and oxygen atoms in total. The van der Waals surface area contributed by atoms with Crippen molar-refractivity contribution in [1.82, 2.24) is 9.78 Å². The Hall–Kier alpha value is -1.61. The van der Waals surface area contributed by atoms with Gasteiger partial charge in [-0.25, -0.2) is 0 Å². The third kappa shape index (κ3) is 2.93. The molecule has 0 saturated heterocycles. The van der Waals surface area contributed by atoms with E-state index in [4.69, 9.17) is 0 Å². The number of aliphatic hydroxyl groups excluding tert-OH is 1. The second kappa shape index (κ2) is 5.41. The summed E-state index contributed by atoms with van der Waals surface area (Å²) < 4.78 is 1.92. The molecule has 108 valence electrons. The Morgan fingerprint density at radius 1 is 1.15 bits per heavy atom. The smallest absolute Gasteiger partial charge is 0.0978 e. The highest BCUT2D eigenvalue weighted by atomic mass is 16.3. The summed E-state index contributed by atoms with van der Waals surface area (Å²) in [5, 5.41) is 14.2. The molecule has 3 heteroatoms. The minimum atomic E-state index is -0.0833. The van der Waals surface area contributed by atoms with Crippen molar-refractivity contribution >= 4 is 0 Å². The topological polar surface area (TPSA) is 38.0 Å². The van der Waals surface area contributed by atoms with Gasteiger partial charge in [-0.15, -0.1) is 0 Å². The minimum Gasteiger partial charge on any atom is -0.392 e. The summed E-state index contributed by atoms with van der Waals surface area (Å²) in [6.07, 6.45) is 1.94. The van der Waals surface area contributed by atoms with E-state index in [0.29, 0.717) is 5.92 Å². The van der Waals surface area contributed by atoms with Crippen LogP contribution >= 0.6 is 0 Å². The predicted octanol–water partition coefficient (Wildman–Crippen LogP) is 3.92. The first-order valence-electron chi connectivity index (χ1n) is 7.13. The zero-order chi connectivity index (χ0) is 14.9. The second-order valence-electron chi connectivity index (χ2n) is 6.55. The molecule has 0 radical (unpaired) electrons. The first-order valence-corrected chi connectivity index (χ1v) is 7.13. The third-order valence-corrected chi connectivity index (χ3v) is 3.50. The van der Waals surface area contributed by atoms with Crippen LogP contribution in [-0.4, -0.2) is 14.9 Å². The SMILES string of the molecule is CC(C)c1ccc(-c2nn(C(C)(C)C)cc2CO)cc1. The maximum Gasteiger partial charge on any atom is 0.0978 e. The largest absolute Gasteiger partial charge is 0.392 e. The zero-order valence-electron chi connectivity index (χ0n) is 13.0. The lowest BCUT2D eigenvalue weighted by molar-refractivity contribution is 0.281. The summed E-state index contributed by atoms with van der Waals surface area (Å²) in [5.74, 6) is 0.522. The van der Waals surface area contributed by atoms with E-state index in [0.717, 1.165) is 16.8 Å². The van der Waals surface area contributed by atoms with Gasteiger partial charge in [0.2, 0.25) is 0 Å². The van der Waals surface area contributed by atoms with Crippen LogP contribution in [0.2, 0.25) is 0 Å². The van der Waals surface area contributed by atoms with Gasteiger partial charge < -0.3 is 5.11 Å². The second-order valence-corrected chi connectivity index (χ2v) is 6.55. The van der Waals surface area contributed by atoms with E-state index in [-0.39, 0.29) is 12.1 Å². The molecule has 0 aliphatic rings. The van der Waals surface area contributed by atoms with Crippen LogP contribution in [0.15, 0.2) is 30.5 Å². The van der Waals surface area contributed by atoms with Gasteiger partial charge in [0, 0.05) is 17.3 Å². The maximum atomic E-state index is 9.55. The average Bonchev–Trinajstić information content (AvgIpc) is 2.82. The number of nitrogens with zero attached hydrogens (tertiary/aromatic N) is 2. The van der Waals surface area contributed by atoms with Crippen LogP contribution in [0.3, 0.4) is 0 Å². The Balaban J connectivity index is 2.43. The van der Waals surface area contributed by atoms with E-state index in [1.54, 1.807) is 0 Å². The lowest BCUT2D eigenvalue weighted by Crippen LogP contribution is -2.22. The molecular formula is C17H24N2O. The zero-order valence-corrected chi connectivity index (χ0v) is 13.0. The lowest BCUT2D eigenvalue weighted by atomic mass is 10.00. The molecule has 2 aromatic rings. The number of rotatable bonds is 3. The van der Waals surface area contributed by atoms with Crippen molar-refractivity contribution in [2.24, 2.45) is 0 Å². The average molecular weight is 272 g/mol. The molecule has 0 saturated carbocycles. The summed E-state index contributed by atoms with van der Waals surface area (Å²) in [6, 6.07) is 8.45. The van der Waals surface area contributed by atoms with Crippen LogP contribution < -0.4 is 0 Å². The Morgan fingerprint density at radius 2 is 1.75 bits per heavy atom. The highest BCUT2D eigenvalue weighted by Crippen LogP contribution is 2.26. The number of hydrogen-bond acceptors (Lipinski definition) is 2. The minimum absolute atomic E-state index is 0.0113. The summed E-state index contributed by atoms with van der Waals surface area (Å²) in [5.41, 5.74) is 4.03. The normalized spacial score (nSPS) is 12.2. The molecule has 0 fully saturated rings. The molecule has 0 unspecified atom stereocenters. The molecule has 2 rings (SSSR count). The van der Waals surface area contributed by atoms with E-state index >= 15 is 0 Å². The number of hydrogen-bond donors (Lipinski definition) is 1. The Labute approximate surface area is 121 Å². The van der Waals surface area contributed by atoms with Crippen LogP contribution in [0.4, 0.5) is 0 Å². The van der Waals surface area contributed by atoms with Gasteiger partial charge in [-0.3, -0.25) is 4.68 Å². The molecule has 0 spiro atoms. The van der Waals surface area contributed by atoms with Crippen LogP contribution in [0, 0.1) is 0 Å². The van der Waals surface area contributed by atoms with Crippen molar-refractivity contribution in [1.29, 1.82) is 0 Å². The van der Waals surface area contributed by atoms with Gasteiger partial charge in [-0.1, -0.05) is 38.1 Å². The van der Waals surface area contributed by atoms with E-state index in [1.165, 1.54) is 5.56 Å². The predicted molar refractivity (Wildman–Crippen MR) is 82.7 cm³/mol. The molecule has 1 N–H and O–H groups in total. The van der Waals surface area contributed by atoms with Gasteiger partial charge in [-0.2, -0.15) is 5.10 Å². The fourth-order valence-corrected chi connectivity index (χ4v) is 2.14. The molecule has 0 aliphatic heterocycles. The highest BCUT2D eigenvalue weighted by Gasteiger charge is 2.18. The molecule has 0 bridgehead atoms. The van der Waals surface area contributed by atoms with Crippen molar-refractivity contribution in [2.45, 2.75) is 52.7 Å². The van der Waals surface area contributed by atoms with E-state index in [1.807, 2.05) is 10.9 Å². The van der Waals surface area contributed by atoms with Crippen LogP contribution in [0.5, 0.6) is 0 Å². The molecule has 1 aromatic heterocycles. The van der Waals surface area contributed by atoms with Gasteiger partial charge in [0.1, 0.15) is 0 Å². The monoisotopic (exact) mass is 272 g/mol. The van der Waals surface area contributed by atoms with Gasteiger partial charge in [0.25, 0.3) is 0 Å². The van der Waals surface area contributed by atoms with Crippen molar-refractivity contribution < 1.29 is 5.11 Å². The van der Waals surface area contributed by atoms with E-state index in [9.17, 15) is 5.11 Å². The molecule has 1 aromatic carbocycles. The Bertz CT molecular complexity index is 574. The first kappa shape index (κ1) is 14.8. The molecule has 1 heterocycles. The number of benzene rings is 1. The summed E-state index contributed by atoms with van der Waals surface area (Å²) in [4.78, 5) is 0. The Morgan fingerprint density at radius 3 is 2.20 bits per heavy atom. The van der Waals surface area contributed by atoms with Gasteiger partial charge in [0.15, 0.2) is 0 Å². The quantitative estimate of drug-likeness (QED) is 0.919. The molecule has 0 atom stereocenters. The van der Waals surface area contributed by atoms with Crippen molar-refractivity contribution in [3.63, 3.8) is 0 Å². The fraction of sp³-hybridized carbons (Fsp3) is 0.471. The number of aliphatic hydroxyl groups is 1. The van der Waals surface area contributed by atoms with Crippen LogP contribution in [-0.2, 0) is 12.1 Å². The fourth-order valence-electron chi connectivity index (χ4n) is 2.14. The Kier molecular flexibility index (Phi) is 4.00. The molecule has 20 heavy (non-hydrogen) atoms. The van der Waals surface area contributed by atoms with Crippen molar-refractivity contribution in [3.05, 3.63) is 41.6 Å². The van der Waals surface area contributed by atoms with Gasteiger partial charge in [-0.05, 0) is 32.3 Å². The van der Waals surface area contributed by atoms with Gasteiger partial charge in [0.05, 0.1) is 17.8 Å². The van der Waals surface area contributed by atoms with Crippen molar-refractivity contribution in [2.75, 3.05) is 0 Å². The number of aromatic nitrogens is 2.